The number of rotatable bonds is 5. The number of ether oxygens (including phenoxy) is 1. The van der Waals surface area contributed by atoms with Crippen LogP contribution < -0.4 is 0 Å². The van der Waals surface area contributed by atoms with Crippen LogP contribution in [-0.4, -0.2) is 18.3 Å². The van der Waals surface area contributed by atoms with Gasteiger partial charge in [0.05, 0.1) is 12.5 Å². The van der Waals surface area contributed by atoms with Crippen LogP contribution in [0.2, 0.25) is 0 Å². The summed E-state index contributed by atoms with van der Waals surface area (Å²) in [7, 11) is 0. The summed E-state index contributed by atoms with van der Waals surface area (Å²) in [4.78, 5) is 11.1. The molecule has 0 aliphatic carbocycles. The fraction of sp³-hybridized carbons (Fsp3) is 0.778. The molecule has 70 valence electrons. The molecule has 1 atom stereocenters. The molecule has 1 N–H and O–H groups in total. The Morgan fingerprint density at radius 1 is 1.50 bits per heavy atom. The molecule has 3 nitrogen and oxygen atoms in total. The topological polar surface area (TPSA) is 50.2 Å². The van der Waals surface area contributed by atoms with Crippen molar-refractivity contribution in [1.82, 2.24) is 0 Å². The molecule has 1 unspecified atom stereocenters. The molecule has 0 bridgehead atoms. The summed E-state index contributed by atoms with van der Waals surface area (Å²) in [6, 6.07) is 0. The van der Waals surface area contributed by atoms with Gasteiger partial charge < -0.3 is 10.1 Å². The normalized spacial score (nSPS) is 12.2. The predicted molar refractivity (Wildman–Crippen MR) is 48.4 cm³/mol. The highest BCUT2D eigenvalue weighted by atomic mass is 16.5. The molecular formula is C9H17NO2. The lowest BCUT2D eigenvalue weighted by Gasteiger charge is -2.10. The Kier molecular flexibility index (Phi) is 5.34. The van der Waals surface area contributed by atoms with E-state index >= 15 is 0 Å². The van der Waals surface area contributed by atoms with Gasteiger partial charge in [-0.1, -0.05) is 13.8 Å². The maximum atomic E-state index is 11.1. The smallest absolute Gasteiger partial charge is 0.314 e. The zero-order valence-electron chi connectivity index (χ0n) is 8.02. The SMILES string of the molecule is CCCOC(=O)C(C)C(=N)CC. The largest absolute Gasteiger partial charge is 0.465 e. The van der Waals surface area contributed by atoms with Crippen molar-refractivity contribution in [3.05, 3.63) is 0 Å². The Morgan fingerprint density at radius 2 is 2.08 bits per heavy atom. The van der Waals surface area contributed by atoms with Gasteiger partial charge in [-0.3, -0.25) is 4.79 Å². The predicted octanol–water partition coefficient (Wildman–Crippen LogP) is 2.01. The third kappa shape index (κ3) is 3.51. The second-order valence-corrected chi connectivity index (χ2v) is 2.77. The Labute approximate surface area is 73.6 Å². The quantitative estimate of drug-likeness (QED) is 0.508. The van der Waals surface area contributed by atoms with E-state index in [1.165, 1.54) is 0 Å². The van der Waals surface area contributed by atoms with E-state index in [9.17, 15) is 4.79 Å². The van der Waals surface area contributed by atoms with Crippen LogP contribution in [0.3, 0.4) is 0 Å². The first-order valence-corrected chi connectivity index (χ1v) is 4.37. The van der Waals surface area contributed by atoms with Gasteiger partial charge in [-0.25, -0.2) is 0 Å². The van der Waals surface area contributed by atoms with Crippen molar-refractivity contribution in [1.29, 1.82) is 5.41 Å². The van der Waals surface area contributed by atoms with Crippen molar-refractivity contribution in [3.8, 4) is 0 Å². The minimum Gasteiger partial charge on any atom is -0.465 e. The lowest BCUT2D eigenvalue weighted by molar-refractivity contribution is -0.145. The Balaban J connectivity index is 3.84. The molecule has 0 rings (SSSR count). The average molecular weight is 171 g/mol. The van der Waals surface area contributed by atoms with Gasteiger partial charge in [0, 0.05) is 5.71 Å². The lowest BCUT2D eigenvalue weighted by atomic mass is 10.0. The first-order valence-electron chi connectivity index (χ1n) is 4.37. The number of carbonyl (C=O) groups is 1. The minimum atomic E-state index is -0.374. The fourth-order valence-electron chi connectivity index (χ4n) is 0.776. The van der Waals surface area contributed by atoms with Crippen LogP contribution in [0.5, 0.6) is 0 Å². The third-order valence-electron chi connectivity index (χ3n) is 1.71. The standard InChI is InChI=1S/C9H17NO2/c1-4-6-12-9(11)7(3)8(10)5-2/h7,10H,4-6H2,1-3H3. The molecule has 0 saturated carbocycles. The Morgan fingerprint density at radius 3 is 2.50 bits per heavy atom. The molecule has 3 heteroatoms. The number of nitrogens with one attached hydrogen (secondary N) is 1. The van der Waals surface area contributed by atoms with Gasteiger partial charge in [-0.15, -0.1) is 0 Å². The molecule has 12 heavy (non-hydrogen) atoms. The highest BCUT2D eigenvalue weighted by Gasteiger charge is 2.17. The summed E-state index contributed by atoms with van der Waals surface area (Å²) in [5.74, 6) is -0.648. The molecule has 0 heterocycles. The molecule has 0 aliphatic rings. The number of hydrogen-bond donors (Lipinski definition) is 1. The van der Waals surface area contributed by atoms with Gasteiger partial charge in [-0.05, 0) is 19.8 Å². The summed E-state index contributed by atoms with van der Waals surface area (Å²) >= 11 is 0. The first kappa shape index (κ1) is 11.1. The van der Waals surface area contributed by atoms with E-state index in [1.54, 1.807) is 6.92 Å². The van der Waals surface area contributed by atoms with Crippen LogP contribution in [0.1, 0.15) is 33.6 Å². The Bertz CT molecular complexity index is 166. The number of hydrogen-bond acceptors (Lipinski definition) is 3. The van der Waals surface area contributed by atoms with Crippen molar-refractivity contribution < 1.29 is 9.53 Å². The average Bonchev–Trinajstić information content (AvgIpc) is 2.11. The van der Waals surface area contributed by atoms with Crippen LogP contribution in [0.4, 0.5) is 0 Å². The van der Waals surface area contributed by atoms with Gasteiger partial charge in [0.2, 0.25) is 0 Å². The minimum absolute atomic E-state index is 0.274. The maximum Gasteiger partial charge on any atom is 0.314 e. The van der Waals surface area contributed by atoms with Crippen LogP contribution in [0.15, 0.2) is 0 Å². The second kappa shape index (κ2) is 5.75. The monoisotopic (exact) mass is 171 g/mol. The van der Waals surface area contributed by atoms with Crippen LogP contribution in [0.25, 0.3) is 0 Å². The summed E-state index contributed by atoms with van der Waals surface area (Å²) < 4.78 is 4.90. The van der Waals surface area contributed by atoms with E-state index in [0.717, 1.165) is 6.42 Å². The molecular weight excluding hydrogens is 154 g/mol. The summed E-state index contributed by atoms with van der Waals surface area (Å²) in [6.07, 6.45) is 1.44. The van der Waals surface area contributed by atoms with Gasteiger partial charge >= 0.3 is 5.97 Å². The lowest BCUT2D eigenvalue weighted by Crippen LogP contribution is -2.22. The van der Waals surface area contributed by atoms with Crippen molar-refractivity contribution in [2.75, 3.05) is 6.61 Å². The van der Waals surface area contributed by atoms with Crippen molar-refractivity contribution in [2.45, 2.75) is 33.6 Å². The van der Waals surface area contributed by atoms with E-state index < -0.39 is 0 Å². The highest BCUT2D eigenvalue weighted by Crippen LogP contribution is 2.03. The highest BCUT2D eigenvalue weighted by molar-refractivity contribution is 5.99. The van der Waals surface area contributed by atoms with Crippen molar-refractivity contribution in [2.24, 2.45) is 5.92 Å². The first-order chi connectivity index (χ1) is 5.63. The van der Waals surface area contributed by atoms with Gasteiger partial charge in [0.25, 0.3) is 0 Å². The molecule has 0 radical (unpaired) electrons. The zero-order valence-corrected chi connectivity index (χ0v) is 8.02. The van der Waals surface area contributed by atoms with E-state index in [4.69, 9.17) is 10.1 Å². The van der Waals surface area contributed by atoms with Crippen LogP contribution in [-0.2, 0) is 9.53 Å². The molecule has 0 spiro atoms. The fourth-order valence-corrected chi connectivity index (χ4v) is 0.776. The molecule has 0 amide bonds. The van der Waals surface area contributed by atoms with Crippen LogP contribution >= 0.6 is 0 Å². The zero-order chi connectivity index (χ0) is 9.56. The van der Waals surface area contributed by atoms with E-state index in [0.29, 0.717) is 18.7 Å². The van der Waals surface area contributed by atoms with Crippen molar-refractivity contribution >= 4 is 11.7 Å². The van der Waals surface area contributed by atoms with Gasteiger partial charge in [0.15, 0.2) is 0 Å². The van der Waals surface area contributed by atoms with Crippen molar-refractivity contribution in [3.63, 3.8) is 0 Å². The molecule has 0 aromatic rings. The van der Waals surface area contributed by atoms with E-state index in [2.05, 4.69) is 0 Å². The number of carbonyl (C=O) groups excluding carboxylic acids is 1. The molecule has 0 aromatic carbocycles. The summed E-state index contributed by atoms with van der Waals surface area (Å²) in [5.41, 5.74) is 0.441. The molecule has 0 aromatic heterocycles. The molecule has 0 saturated heterocycles. The van der Waals surface area contributed by atoms with Gasteiger partial charge in [-0.2, -0.15) is 0 Å². The van der Waals surface area contributed by atoms with E-state index in [-0.39, 0.29) is 11.9 Å². The number of esters is 1. The Hall–Kier alpha value is -0.860. The molecule has 0 fully saturated rings. The summed E-state index contributed by atoms with van der Waals surface area (Å²) in [5, 5.41) is 7.41. The molecule has 0 aliphatic heterocycles. The third-order valence-corrected chi connectivity index (χ3v) is 1.71. The van der Waals surface area contributed by atoms with Gasteiger partial charge in [0.1, 0.15) is 0 Å². The summed E-state index contributed by atoms with van der Waals surface area (Å²) in [6.45, 7) is 5.99. The maximum absolute atomic E-state index is 11.1. The van der Waals surface area contributed by atoms with Crippen LogP contribution in [0, 0.1) is 11.3 Å². The second-order valence-electron chi connectivity index (χ2n) is 2.77. The van der Waals surface area contributed by atoms with E-state index in [1.807, 2.05) is 13.8 Å².